The summed E-state index contributed by atoms with van der Waals surface area (Å²) in [6, 6.07) is 9.24. The van der Waals surface area contributed by atoms with Gasteiger partial charge in [0.1, 0.15) is 11.6 Å². The predicted molar refractivity (Wildman–Crippen MR) is 82.8 cm³/mol. The van der Waals surface area contributed by atoms with Crippen molar-refractivity contribution in [3.63, 3.8) is 0 Å². The first-order chi connectivity index (χ1) is 11.1. The second kappa shape index (κ2) is 6.44. The highest BCUT2D eigenvalue weighted by Gasteiger charge is 2.46. The van der Waals surface area contributed by atoms with Gasteiger partial charge in [0.05, 0.1) is 0 Å². The Kier molecular flexibility index (Phi) is 4.37. The van der Waals surface area contributed by atoms with E-state index in [4.69, 9.17) is 0 Å². The van der Waals surface area contributed by atoms with Gasteiger partial charge in [-0.15, -0.1) is 0 Å². The Balaban J connectivity index is 1.57. The zero-order valence-corrected chi connectivity index (χ0v) is 12.9. The zero-order chi connectivity index (χ0) is 16.4. The van der Waals surface area contributed by atoms with Crippen LogP contribution in [0.4, 0.5) is 8.78 Å². The Morgan fingerprint density at radius 3 is 2.83 bits per heavy atom. The fraction of sp³-hybridized carbons (Fsp3) is 0.333. The Morgan fingerprint density at radius 1 is 1.30 bits per heavy atom. The van der Waals surface area contributed by atoms with Crippen LogP contribution in [0.5, 0.6) is 0 Å². The van der Waals surface area contributed by atoms with Gasteiger partial charge in [-0.1, -0.05) is 12.1 Å². The molecule has 0 radical (unpaired) electrons. The molecule has 1 heterocycles. The Labute approximate surface area is 134 Å². The molecule has 0 spiro atoms. The maximum absolute atomic E-state index is 13.8. The molecule has 3 rings (SSSR count). The van der Waals surface area contributed by atoms with Crippen molar-refractivity contribution in [2.24, 2.45) is 5.92 Å². The number of halogens is 2. The number of hydrogen-bond donors (Lipinski definition) is 0. The lowest BCUT2D eigenvalue weighted by atomic mass is 10.1. The van der Waals surface area contributed by atoms with Gasteiger partial charge in [-0.25, -0.2) is 8.78 Å². The van der Waals surface area contributed by atoms with E-state index in [1.165, 1.54) is 12.1 Å². The Morgan fingerprint density at radius 2 is 2.13 bits per heavy atom. The molecular weight excluding hydrogens is 298 g/mol. The third-order valence-electron chi connectivity index (χ3n) is 4.28. The van der Waals surface area contributed by atoms with E-state index in [0.29, 0.717) is 24.9 Å². The fourth-order valence-electron chi connectivity index (χ4n) is 2.84. The summed E-state index contributed by atoms with van der Waals surface area (Å²) in [4.78, 5) is 18.3. The molecule has 5 heteroatoms. The molecule has 3 nitrogen and oxygen atoms in total. The summed E-state index contributed by atoms with van der Waals surface area (Å²) in [5.74, 6) is -1.50. The summed E-state index contributed by atoms with van der Waals surface area (Å²) in [5.41, 5.74) is 1.37. The van der Waals surface area contributed by atoms with Crippen LogP contribution >= 0.6 is 0 Å². The first kappa shape index (κ1) is 15.6. The lowest BCUT2D eigenvalue weighted by Crippen LogP contribution is -2.30. The van der Waals surface area contributed by atoms with Crippen molar-refractivity contribution < 1.29 is 13.6 Å². The van der Waals surface area contributed by atoms with Crippen LogP contribution in [0, 0.1) is 17.6 Å². The van der Waals surface area contributed by atoms with Gasteiger partial charge in [0, 0.05) is 43.9 Å². The first-order valence-electron chi connectivity index (χ1n) is 7.66. The lowest BCUT2D eigenvalue weighted by Gasteiger charge is -2.17. The number of amides is 1. The van der Waals surface area contributed by atoms with Crippen LogP contribution in [0.25, 0.3) is 0 Å². The van der Waals surface area contributed by atoms with Crippen molar-refractivity contribution in [3.05, 3.63) is 65.5 Å². The second-order valence-electron chi connectivity index (χ2n) is 5.95. The SMILES string of the molecule is CN(CCc1ccccn1)C(=O)[C@H]1C[C@H]1c1ccc(F)cc1F. The molecule has 1 aromatic carbocycles. The van der Waals surface area contributed by atoms with Crippen LogP contribution in [-0.2, 0) is 11.2 Å². The third-order valence-corrected chi connectivity index (χ3v) is 4.28. The van der Waals surface area contributed by atoms with Gasteiger partial charge < -0.3 is 4.90 Å². The molecule has 0 bridgehead atoms. The molecule has 0 unspecified atom stereocenters. The van der Waals surface area contributed by atoms with Gasteiger partial charge in [0.2, 0.25) is 5.91 Å². The molecule has 0 saturated heterocycles. The number of rotatable bonds is 5. The quantitative estimate of drug-likeness (QED) is 0.849. The fourth-order valence-corrected chi connectivity index (χ4v) is 2.84. The summed E-state index contributed by atoms with van der Waals surface area (Å²) in [6.07, 6.45) is 3.03. The topological polar surface area (TPSA) is 33.2 Å². The number of carbonyl (C=O) groups is 1. The average molecular weight is 316 g/mol. The highest BCUT2D eigenvalue weighted by molar-refractivity contribution is 5.82. The molecule has 0 N–H and O–H groups in total. The number of pyridine rings is 1. The van der Waals surface area contributed by atoms with Crippen LogP contribution in [0.2, 0.25) is 0 Å². The van der Waals surface area contributed by atoms with Crippen molar-refractivity contribution in [3.8, 4) is 0 Å². The van der Waals surface area contributed by atoms with Gasteiger partial charge in [-0.05, 0) is 36.1 Å². The maximum atomic E-state index is 13.8. The van der Waals surface area contributed by atoms with E-state index in [1.54, 1.807) is 18.1 Å². The van der Waals surface area contributed by atoms with Gasteiger partial charge in [-0.2, -0.15) is 0 Å². The summed E-state index contributed by atoms with van der Waals surface area (Å²) < 4.78 is 26.7. The largest absolute Gasteiger partial charge is 0.345 e. The van der Waals surface area contributed by atoms with Crippen molar-refractivity contribution in [2.75, 3.05) is 13.6 Å². The monoisotopic (exact) mass is 316 g/mol. The standard InChI is InChI=1S/C18H18F2N2O/c1-22(9-7-13-4-2-3-8-21-13)18(23)16-11-15(16)14-6-5-12(19)10-17(14)20/h2-6,8,10,15-16H,7,9,11H2,1H3/t15-,16-/m0/s1. The van der Waals surface area contributed by atoms with Crippen molar-refractivity contribution in [1.82, 2.24) is 9.88 Å². The normalized spacial score (nSPS) is 19.4. The van der Waals surface area contributed by atoms with E-state index in [0.717, 1.165) is 11.8 Å². The molecule has 1 fully saturated rings. The van der Waals surface area contributed by atoms with E-state index in [2.05, 4.69) is 4.98 Å². The molecule has 1 saturated carbocycles. The molecular formula is C18H18F2N2O. The number of hydrogen-bond acceptors (Lipinski definition) is 2. The predicted octanol–water partition coefficient (Wildman–Crippen LogP) is 3.16. The minimum absolute atomic E-state index is 0.00894. The molecule has 120 valence electrons. The van der Waals surface area contributed by atoms with E-state index in [1.807, 2.05) is 18.2 Å². The summed E-state index contributed by atoms with van der Waals surface area (Å²) in [7, 11) is 1.75. The number of likely N-dealkylation sites (N-methyl/N-ethyl adjacent to an activating group) is 1. The minimum Gasteiger partial charge on any atom is -0.345 e. The average Bonchev–Trinajstić information content (AvgIpc) is 3.33. The number of benzene rings is 1. The number of aromatic nitrogens is 1. The minimum atomic E-state index is -0.595. The molecule has 1 aromatic heterocycles. The zero-order valence-electron chi connectivity index (χ0n) is 12.9. The first-order valence-corrected chi connectivity index (χ1v) is 7.66. The molecule has 1 aliphatic rings. The van der Waals surface area contributed by atoms with Gasteiger partial charge in [0.15, 0.2) is 0 Å². The van der Waals surface area contributed by atoms with Gasteiger partial charge in [-0.3, -0.25) is 9.78 Å². The van der Waals surface area contributed by atoms with E-state index < -0.39 is 11.6 Å². The highest BCUT2D eigenvalue weighted by atomic mass is 19.1. The number of carbonyl (C=O) groups excluding carboxylic acids is 1. The lowest BCUT2D eigenvalue weighted by molar-refractivity contribution is -0.131. The Bertz CT molecular complexity index is 705. The van der Waals surface area contributed by atoms with Crippen LogP contribution in [0.15, 0.2) is 42.6 Å². The molecule has 23 heavy (non-hydrogen) atoms. The summed E-state index contributed by atoms with van der Waals surface area (Å²) in [5, 5.41) is 0. The molecule has 2 aromatic rings. The highest BCUT2D eigenvalue weighted by Crippen LogP contribution is 2.49. The summed E-state index contributed by atoms with van der Waals surface area (Å²) in [6.45, 7) is 0.574. The molecule has 1 amide bonds. The maximum Gasteiger partial charge on any atom is 0.226 e. The second-order valence-corrected chi connectivity index (χ2v) is 5.95. The van der Waals surface area contributed by atoms with Crippen LogP contribution in [0.3, 0.4) is 0 Å². The van der Waals surface area contributed by atoms with E-state index in [9.17, 15) is 13.6 Å². The molecule has 1 aliphatic carbocycles. The number of nitrogens with zero attached hydrogens (tertiary/aromatic N) is 2. The van der Waals surface area contributed by atoms with Gasteiger partial charge in [0.25, 0.3) is 0 Å². The van der Waals surface area contributed by atoms with Crippen molar-refractivity contribution >= 4 is 5.91 Å². The summed E-state index contributed by atoms with van der Waals surface area (Å²) >= 11 is 0. The third kappa shape index (κ3) is 3.55. The van der Waals surface area contributed by atoms with Crippen molar-refractivity contribution in [2.45, 2.75) is 18.8 Å². The Hall–Kier alpha value is -2.30. The smallest absolute Gasteiger partial charge is 0.226 e. The van der Waals surface area contributed by atoms with Gasteiger partial charge >= 0.3 is 0 Å². The van der Waals surface area contributed by atoms with E-state index in [-0.39, 0.29) is 17.7 Å². The van der Waals surface area contributed by atoms with Crippen LogP contribution in [-0.4, -0.2) is 29.4 Å². The van der Waals surface area contributed by atoms with Crippen LogP contribution in [0.1, 0.15) is 23.6 Å². The van der Waals surface area contributed by atoms with Crippen molar-refractivity contribution in [1.29, 1.82) is 0 Å². The van der Waals surface area contributed by atoms with E-state index >= 15 is 0 Å². The van der Waals surface area contributed by atoms with Crippen LogP contribution < -0.4 is 0 Å². The molecule has 2 atom stereocenters. The molecule has 0 aliphatic heterocycles.